The molecule has 0 saturated carbocycles. The van der Waals surface area contributed by atoms with Crippen LogP contribution in [-0.4, -0.2) is 9.97 Å². The summed E-state index contributed by atoms with van der Waals surface area (Å²) >= 11 is 0. The Kier molecular flexibility index (Phi) is 5.13. The number of aryl methyl sites for hydroxylation is 2. The molecule has 0 N–H and O–H groups in total. The number of rotatable bonds is 6. The lowest BCUT2D eigenvalue weighted by molar-refractivity contribution is 0.587. The van der Waals surface area contributed by atoms with Crippen LogP contribution in [0, 0.1) is 11.8 Å². The maximum atomic E-state index is 4.67. The molecule has 0 fully saturated rings. The van der Waals surface area contributed by atoms with Crippen molar-refractivity contribution in [2.24, 2.45) is 11.8 Å². The van der Waals surface area contributed by atoms with E-state index in [1.807, 2.05) is 12.4 Å². The zero-order chi connectivity index (χ0) is 17.1. The Balaban J connectivity index is 2.07. The van der Waals surface area contributed by atoms with Gasteiger partial charge in [-0.15, -0.1) is 0 Å². The Morgan fingerprint density at radius 3 is 1.46 bits per heavy atom. The Labute approximate surface area is 145 Å². The van der Waals surface area contributed by atoms with E-state index >= 15 is 0 Å². The fourth-order valence-electron chi connectivity index (χ4n) is 3.27. The maximum absolute atomic E-state index is 4.67. The molecule has 2 heterocycles. The minimum absolute atomic E-state index is 0.717. The summed E-state index contributed by atoms with van der Waals surface area (Å²) in [5, 5.41) is 2.53. The van der Waals surface area contributed by atoms with Crippen LogP contribution in [0.4, 0.5) is 0 Å². The lowest BCUT2D eigenvalue weighted by atomic mass is 9.96. The predicted octanol–water partition coefficient (Wildman–Crippen LogP) is 5.96. The molecule has 0 aliphatic carbocycles. The first-order valence-electron chi connectivity index (χ1n) is 9.20. The lowest BCUT2D eigenvalue weighted by Gasteiger charge is -2.12. The van der Waals surface area contributed by atoms with E-state index in [2.05, 4.69) is 61.9 Å². The Hall–Kier alpha value is -1.96. The van der Waals surface area contributed by atoms with Crippen LogP contribution in [0.2, 0.25) is 0 Å². The van der Waals surface area contributed by atoms with Crippen LogP contribution >= 0.6 is 0 Å². The summed E-state index contributed by atoms with van der Waals surface area (Å²) < 4.78 is 0. The summed E-state index contributed by atoms with van der Waals surface area (Å²) in [6, 6.07) is 8.83. The third-order valence-corrected chi connectivity index (χ3v) is 4.78. The molecule has 0 atom stereocenters. The van der Waals surface area contributed by atoms with Crippen LogP contribution < -0.4 is 0 Å². The number of nitrogens with zero attached hydrogens (tertiary/aromatic N) is 2. The van der Waals surface area contributed by atoms with Crippen molar-refractivity contribution < 1.29 is 0 Å². The monoisotopic (exact) mass is 320 g/mol. The van der Waals surface area contributed by atoms with E-state index in [-0.39, 0.29) is 0 Å². The number of benzene rings is 1. The van der Waals surface area contributed by atoms with Gasteiger partial charge in [0.15, 0.2) is 0 Å². The van der Waals surface area contributed by atoms with E-state index in [1.165, 1.54) is 34.7 Å². The number of fused-ring (bicyclic) bond motifs is 3. The summed E-state index contributed by atoms with van der Waals surface area (Å²) in [7, 11) is 0. The van der Waals surface area contributed by atoms with Gasteiger partial charge in [-0.25, -0.2) is 0 Å². The molecule has 0 aliphatic rings. The molecule has 3 aromatic rings. The highest BCUT2D eigenvalue weighted by Crippen LogP contribution is 2.28. The third kappa shape index (κ3) is 3.58. The van der Waals surface area contributed by atoms with Crippen LogP contribution in [0.3, 0.4) is 0 Å². The minimum Gasteiger partial charge on any atom is -0.254 e. The summed E-state index contributed by atoms with van der Waals surface area (Å²) in [5.74, 6) is 1.43. The molecule has 24 heavy (non-hydrogen) atoms. The molecule has 0 unspecified atom stereocenters. The van der Waals surface area contributed by atoms with Crippen molar-refractivity contribution in [3.8, 4) is 0 Å². The molecule has 1 aromatic carbocycles. The van der Waals surface area contributed by atoms with Crippen molar-refractivity contribution in [3.05, 3.63) is 47.8 Å². The van der Waals surface area contributed by atoms with Gasteiger partial charge in [-0.05, 0) is 60.8 Å². The number of pyridine rings is 2. The van der Waals surface area contributed by atoms with Gasteiger partial charge in [0.1, 0.15) is 0 Å². The highest BCUT2D eigenvalue weighted by Gasteiger charge is 2.10. The molecule has 3 rings (SSSR count). The molecular formula is C22H28N2. The van der Waals surface area contributed by atoms with Gasteiger partial charge in [0.25, 0.3) is 0 Å². The summed E-state index contributed by atoms with van der Waals surface area (Å²) in [6.45, 7) is 9.12. The zero-order valence-electron chi connectivity index (χ0n) is 15.3. The quantitative estimate of drug-likeness (QED) is 0.524. The van der Waals surface area contributed by atoms with Gasteiger partial charge in [0, 0.05) is 23.2 Å². The first-order valence-corrected chi connectivity index (χ1v) is 9.20. The average molecular weight is 320 g/mol. The highest BCUT2D eigenvalue weighted by molar-refractivity contribution is 6.04. The van der Waals surface area contributed by atoms with Crippen molar-refractivity contribution in [3.63, 3.8) is 0 Å². The second-order valence-corrected chi connectivity index (χ2v) is 7.66. The van der Waals surface area contributed by atoms with Gasteiger partial charge >= 0.3 is 0 Å². The molecule has 0 spiro atoms. The second kappa shape index (κ2) is 7.29. The smallest absolute Gasteiger partial charge is 0.0967 e. The molecular weight excluding hydrogens is 292 g/mol. The minimum atomic E-state index is 0.717. The van der Waals surface area contributed by atoms with Gasteiger partial charge in [-0.3, -0.25) is 9.97 Å². The van der Waals surface area contributed by atoms with E-state index in [0.717, 1.165) is 35.7 Å². The van der Waals surface area contributed by atoms with Crippen molar-refractivity contribution in [2.45, 2.75) is 53.4 Å². The number of hydrogen-bond donors (Lipinski definition) is 0. The maximum Gasteiger partial charge on any atom is 0.0967 e. The van der Waals surface area contributed by atoms with Crippen LogP contribution in [-0.2, 0) is 12.8 Å². The number of aromatic nitrogens is 2. The van der Waals surface area contributed by atoms with E-state index < -0.39 is 0 Å². The SMILES string of the molecule is CC(C)CCc1ccnc2c1ccc1c(CCC(C)C)ccnc12. The van der Waals surface area contributed by atoms with Gasteiger partial charge in [0.2, 0.25) is 0 Å². The molecule has 126 valence electrons. The van der Waals surface area contributed by atoms with Crippen molar-refractivity contribution in [1.29, 1.82) is 0 Å². The van der Waals surface area contributed by atoms with E-state index in [4.69, 9.17) is 0 Å². The average Bonchev–Trinajstić information content (AvgIpc) is 2.57. The Bertz CT molecular complexity index is 763. The van der Waals surface area contributed by atoms with Crippen LogP contribution in [0.5, 0.6) is 0 Å². The van der Waals surface area contributed by atoms with Gasteiger partial charge < -0.3 is 0 Å². The Morgan fingerprint density at radius 2 is 1.08 bits per heavy atom. The molecule has 0 amide bonds. The molecule has 0 saturated heterocycles. The van der Waals surface area contributed by atoms with Gasteiger partial charge in [-0.1, -0.05) is 39.8 Å². The second-order valence-electron chi connectivity index (χ2n) is 7.66. The molecule has 2 heteroatoms. The van der Waals surface area contributed by atoms with Crippen molar-refractivity contribution in [1.82, 2.24) is 9.97 Å². The van der Waals surface area contributed by atoms with Gasteiger partial charge in [-0.2, -0.15) is 0 Å². The summed E-state index contributed by atoms with van der Waals surface area (Å²) in [6.07, 6.45) is 8.52. The molecule has 0 bridgehead atoms. The first-order chi connectivity index (χ1) is 11.6. The van der Waals surface area contributed by atoms with E-state index in [9.17, 15) is 0 Å². The summed E-state index contributed by atoms with van der Waals surface area (Å²) in [5.41, 5.74) is 4.90. The largest absolute Gasteiger partial charge is 0.254 e. The van der Waals surface area contributed by atoms with Gasteiger partial charge in [0.05, 0.1) is 11.0 Å². The molecule has 0 radical (unpaired) electrons. The molecule has 2 nitrogen and oxygen atoms in total. The molecule has 0 aliphatic heterocycles. The predicted molar refractivity (Wildman–Crippen MR) is 103 cm³/mol. The number of hydrogen-bond acceptors (Lipinski definition) is 2. The van der Waals surface area contributed by atoms with Crippen LogP contribution in [0.1, 0.15) is 51.7 Å². The van der Waals surface area contributed by atoms with E-state index in [1.54, 1.807) is 0 Å². The standard InChI is InChI=1S/C22H28N2/c1-15(2)5-7-17-11-13-23-21-19(17)9-10-20-18(8-6-16(3)4)12-14-24-22(20)21/h9-16H,5-8H2,1-4H3. The summed E-state index contributed by atoms with van der Waals surface area (Å²) in [4.78, 5) is 9.34. The topological polar surface area (TPSA) is 25.8 Å². The normalized spacial score (nSPS) is 11.9. The Morgan fingerprint density at radius 1 is 0.667 bits per heavy atom. The van der Waals surface area contributed by atoms with Crippen molar-refractivity contribution >= 4 is 21.8 Å². The van der Waals surface area contributed by atoms with Crippen LogP contribution in [0.25, 0.3) is 21.8 Å². The van der Waals surface area contributed by atoms with Crippen LogP contribution in [0.15, 0.2) is 36.7 Å². The van der Waals surface area contributed by atoms with E-state index in [0.29, 0.717) is 0 Å². The highest BCUT2D eigenvalue weighted by atomic mass is 14.7. The fraction of sp³-hybridized carbons (Fsp3) is 0.455. The molecule has 2 aromatic heterocycles. The zero-order valence-corrected chi connectivity index (χ0v) is 15.3. The lowest BCUT2D eigenvalue weighted by Crippen LogP contribution is -1.97. The first kappa shape index (κ1) is 16.9. The van der Waals surface area contributed by atoms with Crippen molar-refractivity contribution in [2.75, 3.05) is 0 Å². The fourth-order valence-corrected chi connectivity index (χ4v) is 3.27. The third-order valence-electron chi connectivity index (χ3n) is 4.78.